The van der Waals surface area contributed by atoms with Crippen LogP contribution in [0.15, 0.2) is 42.5 Å². The fourth-order valence-corrected chi connectivity index (χ4v) is 1.81. The molecule has 2 aromatic carbocycles. The van der Waals surface area contributed by atoms with Crippen LogP contribution in [0, 0.1) is 5.82 Å². The van der Waals surface area contributed by atoms with Crippen LogP contribution < -0.4 is 16.0 Å². The minimum atomic E-state index is -0.417. The number of benzene rings is 2. The number of hydrogen-bond donors (Lipinski definition) is 2. The summed E-state index contributed by atoms with van der Waals surface area (Å²) in [5.74, 6) is 4.66. The molecule has 0 aliphatic rings. The summed E-state index contributed by atoms with van der Waals surface area (Å²) in [7, 11) is 0. The molecule has 0 bridgehead atoms. The van der Waals surface area contributed by atoms with Crippen LogP contribution in [0.2, 0.25) is 5.02 Å². The predicted molar refractivity (Wildman–Crippen MR) is 73.8 cm³/mol. The van der Waals surface area contributed by atoms with E-state index in [0.29, 0.717) is 11.3 Å². The van der Waals surface area contributed by atoms with Crippen LogP contribution in [-0.4, -0.2) is 5.91 Å². The number of rotatable bonds is 4. The van der Waals surface area contributed by atoms with E-state index in [9.17, 15) is 9.18 Å². The molecule has 3 N–H and O–H groups in total. The fraction of sp³-hybridized carbons (Fsp3) is 0.0714. The van der Waals surface area contributed by atoms with Crippen molar-refractivity contribution in [3.63, 3.8) is 0 Å². The molecule has 0 heterocycles. The predicted octanol–water partition coefficient (Wildman–Crippen LogP) is 2.66. The standard InChI is InChI=1S/C14H12ClFN2O2/c15-12-7-11(16)5-6-13(12)20-8-9-1-3-10(4-2-9)14(19)18-17/h1-7H,8,17H2,(H,18,19). The van der Waals surface area contributed by atoms with E-state index in [0.717, 1.165) is 5.56 Å². The highest BCUT2D eigenvalue weighted by atomic mass is 35.5. The van der Waals surface area contributed by atoms with Gasteiger partial charge in [0, 0.05) is 5.56 Å². The summed E-state index contributed by atoms with van der Waals surface area (Å²) in [5, 5.41) is 0.212. The Morgan fingerprint density at radius 1 is 1.25 bits per heavy atom. The first-order valence-corrected chi connectivity index (χ1v) is 6.15. The number of hydrazine groups is 1. The molecule has 2 aromatic rings. The van der Waals surface area contributed by atoms with E-state index in [-0.39, 0.29) is 17.5 Å². The van der Waals surface area contributed by atoms with Crippen molar-refractivity contribution in [1.82, 2.24) is 5.43 Å². The number of nitrogens with one attached hydrogen (secondary N) is 1. The Labute approximate surface area is 120 Å². The molecule has 104 valence electrons. The number of carbonyl (C=O) groups excluding carboxylic acids is 1. The SMILES string of the molecule is NNC(=O)c1ccc(COc2ccc(F)cc2Cl)cc1. The molecule has 0 atom stereocenters. The zero-order valence-corrected chi connectivity index (χ0v) is 11.2. The van der Waals surface area contributed by atoms with E-state index >= 15 is 0 Å². The van der Waals surface area contributed by atoms with Crippen LogP contribution in [0.25, 0.3) is 0 Å². The molecule has 0 aliphatic carbocycles. The normalized spacial score (nSPS) is 10.2. The molecule has 2 rings (SSSR count). The van der Waals surface area contributed by atoms with Crippen molar-refractivity contribution in [2.45, 2.75) is 6.61 Å². The summed E-state index contributed by atoms with van der Waals surface area (Å²) >= 11 is 5.85. The third-order valence-electron chi connectivity index (χ3n) is 2.64. The first kappa shape index (κ1) is 14.3. The topological polar surface area (TPSA) is 64.3 Å². The highest BCUT2D eigenvalue weighted by Crippen LogP contribution is 2.25. The molecule has 1 amide bonds. The highest BCUT2D eigenvalue weighted by molar-refractivity contribution is 6.32. The molecule has 20 heavy (non-hydrogen) atoms. The summed E-state index contributed by atoms with van der Waals surface area (Å²) in [4.78, 5) is 11.3. The van der Waals surface area contributed by atoms with Gasteiger partial charge in [-0.25, -0.2) is 10.2 Å². The molecule has 0 saturated heterocycles. The lowest BCUT2D eigenvalue weighted by Crippen LogP contribution is -2.29. The van der Waals surface area contributed by atoms with E-state index in [4.69, 9.17) is 22.2 Å². The lowest BCUT2D eigenvalue weighted by atomic mass is 10.1. The Kier molecular flexibility index (Phi) is 4.55. The lowest BCUT2D eigenvalue weighted by Gasteiger charge is -2.08. The maximum absolute atomic E-state index is 12.9. The van der Waals surface area contributed by atoms with Gasteiger partial charge in [0.25, 0.3) is 5.91 Å². The van der Waals surface area contributed by atoms with Gasteiger partial charge in [0.15, 0.2) is 0 Å². The van der Waals surface area contributed by atoms with Crippen molar-refractivity contribution >= 4 is 17.5 Å². The first-order valence-electron chi connectivity index (χ1n) is 5.78. The van der Waals surface area contributed by atoms with Gasteiger partial charge in [-0.15, -0.1) is 0 Å². The summed E-state index contributed by atoms with van der Waals surface area (Å²) in [6, 6.07) is 10.7. The van der Waals surface area contributed by atoms with Crippen molar-refractivity contribution in [3.8, 4) is 5.75 Å². The van der Waals surface area contributed by atoms with Crippen LogP contribution in [-0.2, 0) is 6.61 Å². The molecular weight excluding hydrogens is 283 g/mol. The van der Waals surface area contributed by atoms with Gasteiger partial charge < -0.3 is 4.74 Å². The molecule has 0 fully saturated rings. The molecule has 0 unspecified atom stereocenters. The summed E-state index contributed by atoms with van der Waals surface area (Å²) in [6.45, 7) is 0.260. The van der Waals surface area contributed by atoms with Crippen LogP contribution in [0.1, 0.15) is 15.9 Å². The monoisotopic (exact) mass is 294 g/mol. The van der Waals surface area contributed by atoms with E-state index in [1.54, 1.807) is 24.3 Å². The number of halogens is 2. The van der Waals surface area contributed by atoms with Gasteiger partial charge in [-0.2, -0.15) is 0 Å². The fourth-order valence-electron chi connectivity index (χ4n) is 1.59. The van der Waals surface area contributed by atoms with Gasteiger partial charge in [0.05, 0.1) is 5.02 Å². The van der Waals surface area contributed by atoms with E-state index in [2.05, 4.69) is 0 Å². The quantitative estimate of drug-likeness (QED) is 0.518. The van der Waals surface area contributed by atoms with E-state index < -0.39 is 5.82 Å². The average Bonchev–Trinajstić information content (AvgIpc) is 2.46. The van der Waals surface area contributed by atoms with Crippen molar-refractivity contribution in [2.24, 2.45) is 5.84 Å². The van der Waals surface area contributed by atoms with Crippen LogP contribution >= 0.6 is 11.6 Å². The number of carbonyl (C=O) groups is 1. The van der Waals surface area contributed by atoms with Crippen molar-refractivity contribution in [2.75, 3.05) is 0 Å². The Morgan fingerprint density at radius 2 is 1.95 bits per heavy atom. The lowest BCUT2D eigenvalue weighted by molar-refractivity contribution is 0.0953. The second-order valence-corrected chi connectivity index (χ2v) is 4.44. The van der Waals surface area contributed by atoms with Crippen molar-refractivity contribution in [1.29, 1.82) is 0 Å². The third kappa shape index (κ3) is 3.46. The second kappa shape index (κ2) is 6.36. The largest absolute Gasteiger partial charge is 0.487 e. The molecular formula is C14H12ClFN2O2. The zero-order chi connectivity index (χ0) is 14.5. The number of nitrogen functional groups attached to an aromatic ring is 1. The number of hydrogen-bond acceptors (Lipinski definition) is 3. The van der Waals surface area contributed by atoms with E-state index in [1.165, 1.54) is 18.2 Å². The minimum Gasteiger partial charge on any atom is -0.487 e. The first-order chi connectivity index (χ1) is 9.60. The Bertz CT molecular complexity index is 617. The van der Waals surface area contributed by atoms with Crippen LogP contribution in [0.5, 0.6) is 5.75 Å². The zero-order valence-electron chi connectivity index (χ0n) is 10.4. The van der Waals surface area contributed by atoms with Crippen LogP contribution in [0.4, 0.5) is 4.39 Å². The molecule has 4 nitrogen and oxygen atoms in total. The van der Waals surface area contributed by atoms with Crippen LogP contribution in [0.3, 0.4) is 0 Å². The Hall–Kier alpha value is -2.11. The third-order valence-corrected chi connectivity index (χ3v) is 2.93. The van der Waals surface area contributed by atoms with Crippen molar-refractivity contribution < 1.29 is 13.9 Å². The minimum absolute atomic E-state index is 0.212. The number of ether oxygens (including phenoxy) is 1. The molecule has 0 radical (unpaired) electrons. The number of nitrogens with two attached hydrogens (primary N) is 1. The molecule has 0 aromatic heterocycles. The maximum atomic E-state index is 12.9. The molecule has 6 heteroatoms. The summed E-state index contributed by atoms with van der Waals surface area (Å²) in [5.41, 5.74) is 3.35. The van der Waals surface area contributed by atoms with Crippen molar-refractivity contribution in [3.05, 3.63) is 64.4 Å². The summed E-state index contributed by atoms with van der Waals surface area (Å²) < 4.78 is 18.4. The smallest absolute Gasteiger partial charge is 0.265 e. The summed E-state index contributed by atoms with van der Waals surface area (Å²) in [6.07, 6.45) is 0. The van der Waals surface area contributed by atoms with Gasteiger partial charge in [-0.05, 0) is 35.9 Å². The Morgan fingerprint density at radius 3 is 2.55 bits per heavy atom. The molecule has 0 saturated carbocycles. The number of amides is 1. The van der Waals surface area contributed by atoms with Gasteiger partial charge in [0.2, 0.25) is 0 Å². The average molecular weight is 295 g/mol. The highest BCUT2D eigenvalue weighted by Gasteiger charge is 2.05. The van der Waals surface area contributed by atoms with Gasteiger partial charge >= 0.3 is 0 Å². The Balaban J connectivity index is 2.02. The maximum Gasteiger partial charge on any atom is 0.265 e. The molecule has 0 aliphatic heterocycles. The van der Waals surface area contributed by atoms with Gasteiger partial charge in [0.1, 0.15) is 18.2 Å². The molecule has 0 spiro atoms. The second-order valence-electron chi connectivity index (χ2n) is 4.03. The van der Waals surface area contributed by atoms with Gasteiger partial charge in [-0.1, -0.05) is 23.7 Å². The van der Waals surface area contributed by atoms with E-state index in [1.807, 2.05) is 5.43 Å². The van der Waals surface area contributed by atoms with Gasteiger partial charge in [-0.3, -0.25) is 10.2 Å².